The summed E-state index contributed by atoms with van der Waals surface area (Å²) in [6, 6.07) is -1.44. The van der Waals surface area contributed by atoms with Gasteiger partial charge in [-0.1, -0.05) is 0 Å². The van der Waals surface area contributed by atoms with E-state index in [2.05, 4.69) is 0 Å². The first-order chi connectivity index (χ1) is 12.4. The highest BCUT2D eigenvalue weighted by molar-refractivity contribution is 5.87. The molecule has 2 N–H and O–H groups in total. The van der Waals surface area contributed by atoms with Gasteiger partial charge >= 0.3 is 11.9 Å². The largest absolute Gasteiger partial charge is 0.480 e. The molecular formula is C18H26N2O6. The Morgan fingerprint density at radius 1 is 0.615 bits per heavy atom. The van der Waals surface area contributed by atoms with Crippen LogP contribution in [0, 0.1) is 11.8 Å². The van der Waals surface area contributed by atoms with Gasteiger partial charge in [-0.2, -0.15) is 0 Å². The minimum Gasteiger partial charge on any atom is -0.480 e. The number of carboxylic acids is 2. The van der Waals surface area contributed by atoms with Crippen LogP contribution in [0.15, 0.2) is 0 Å². The zero-order valence-corrected chi connectivity index (χ0v) is 14.8. The maximum Gasteiger partial charge on any atom is 0.326 e. The molecule has 2 saturated heterocycles. The fourth-order valence-corrected chi connectivity index (χ4v) is 4.63. The zero-order chi connectivity index (χ0) is 18.8. The maximum absolute atomic E-state index is 12.7. The lowest BCUT2D eigenvalue weighted by Gasteiger charge is -2.33. The van der Waals surface area contributed by atoms with Crippen molar-refractivity contribution in [3.63, 3.8) is 0 Å². The first-order valence-electron chi connectivity index (χ1n) is 9.46. The van der Waals surface area contributed by atoms with E-state index in [1.165, 1.54) is 9.80 Å². The Hall–Kier alpha value is -2.12. The molecule has 8 heteroatoms. The van der Waals surface area contributed by atoms with Crippen LogP contribution in [0.2, 0.25) is 0 Å². The Bertz CT molecular complexity index is 546. The molecule has 26 heavy (non-hydrogen) atoms. The normalized spacial score (nSPS) is 31.8. The van der Waals surface area contributed by atoms with Gasteiger partial charge < -0.3 is 20.0 Å². The van der Waals surface area contributed by atoms with Crippen LogP contribution in [-0.2, 0) is 19.2 Å². The number of carboxylic acid groups (broad SMARTS) is 2. The Kier molecular flexibility index (Phi) is 5.48. The third-order valence-corrected chi connectivity index (χ3v) is 6.07. The van der Waals surface area contributed by atoms with E-state index < -0.39 is 24.0 Å². The molecule has 2 atom stereocenters. The van der Waals surface area contributed by atoms with Gasteiger partial charge in [-0.25, -0.2) is 9.59 Å². The smallest absolute Gasteiger partial charge is 0.326 e. The van der Waals surface area contributed by atoms with Gasteiger partial charge in [0.15, 0.2) is 0 Å². The molecule has 3 aliphatic rings. The summed E-state index contributed by atoms with van der Waals surface area (Å²) in [5.74, 6) is -2.57. The first-order valence-corrected chi connectivity index (χ1v) is 9.46. The minimum absolute atomic E-state index is 0.106. The monoisotopic (exact) mass is 366 g/mol. The van der Waals surface area contributed by atoms with Crippen LogP contribution in [0.1, 0.15) is 51.4 Å². The SMILES string of the molecule is O=C(O)C1CCCN1C(=O)[C@H]1CC[C@@H](C(=O)N2CCC[C@@H]2C(=O)O)CC1. The van der Waals surface area contributed by atoms with Crippen molar-refractivity contribution in [1.82, 2.24) is 9.80 Å². The third-order valence-electron chi connectivity index (χ3n) is 6.07. The Morgan fingerprint density at radius 2 is 0.962 bits per heavy atom. The van der Waals surface area contributed by atoms with E-state index in [4.69, 9.17) is 0 Å². The van der Waals surface area contributed by atoms with Crippen LogP contribution >= 0.6 is 0 Å². The molecule has 8 nitrogen and oxygen atoms in total. The highest BCUT2D eigenvalue weighted by atomic mass is 16.4. The fourth-order valence-electron chi connectivity index (χ4n) is 4.63. The summed E-state index contributed by atoms with van der Waals surface area (Å²) in [5, 5.41) is 18.5. The van der Waals surface area contributed by atoms with E-state index in [0.717, 1.165) is 0 Å². The molecule has 1 unspecified atom stereocenters. The summed E-state index contributed by atoms with van der Waals surface area (Å²) in [4.78, 5) is 50.9. The molecule has 144 valence electrons. The summed E-state index contributed by atoms with van der Waals surface area (Å²) in [5.41, 5.74) is 0. The standard InChI is InChI=1S/C18H26N2O6/c21-15(19-9-1-3-13(19)17(23)24)11-5-7-12(8-6-11)16(22)20-10-2-4-14(20)18(25)26/h11-14H,1-10H2,(H,23,24)(H,25,26)/t11-,12+,13-,14?/m1/s1. The van der Waals surface area contributed by atoms with E-state index in [1.54, 1.807) is 0 Å². The van der Waals surface area contributed by atoms with Crippen LogP contribution in [-0.4, -0.2) is 68.9 Å². The molecule has 1 aliphatic carbocycles. The highest BCUT2D eigenvalue weighted by Gasteiger charge is 2.41. The highest BCUT2D eigenvalue weighted by Crippen LogP contribution is 2.34. The number of amides is 2. The minimum atomic E-state index is -0.951. The van der Waals surface area contributed by atoms with Crippen LogP contribution < -0.4 is 0 Å². The van der Waals surface area contributed by atoms with E-state index in [-0.39, 0.29) is 23.7 Å². The predicted octanol–water partition coefficient (Wildman–Crippen LogP) is 0.944. The second kappa shape index (κ2) is 7.63. The van der Waals surface area contributed by atoms with Crippen LogP contribution in [0.3, 0.4) is 0 Å². The van der Waals surface area contributed by atoms with Crippen molar-refractivity contribution in [3.8, 4) is 0 Å². The van der Waals surface area contributed by atoms with Crippen molar-refractivity contribution in [3.05, 3.63) is 0 Å². The van der Waals surface area contributed by atoms with Gasteiger partial charge in [-0.15, -0.1) is 0 Å². The van der Waals surface area contributed by atoms with Crippen molar-refractivity contribution >= 4 is 23.8 Å². The fraction of sp³-hybridized carbons (Fsp3) is 0.778. The lowest BCUT2D eigenvalue weighted by atomic mass is 9.80. The van der Waals surface area contributed by atoms with E-state index >= 15 is 0 Å². The quantitative estimate of drug-likeness (QED) is 0.765. The van der Waals surface area contributed by atoms with Gasteiger partial charge in [0.25, 0.3) is 0 Å². The predicted molar refractivity (Wildman–Crippen MR) is 90.2 cm³/mol. The van der Waals surface area contributed by atoms with Gasteiger partial charge in [0, 0.05) is 24.9 Å². The van der Waals surface area contributed by atoms with Crippen molar-refractivity contribution in [2.75, 3.05) is 13.1 Å². The Morgan fingerprint density at radius 3 is 1.27 bits per heavy atom. The van der Waals surface area contributed by atoms with Crippen molar-refractivity contribution in [2.45, 2.75) is 63.5 Å². The molecule has 0 radical (unpaired) electrons. The van der Waals surface area contributed by atoms with E-state index in [1.807, 2.05) is 0 Å². The zero-order valence-electron chi connectivity index (χ0n) is 14.8. The third kappa shape index (κ3) is 3.54. The van der Waals surface area contributed by atoms with Crippen LogP contribution in [0.5, 0.6) is 0 Å². The maximum atomic E-state index is 12.7. The number of carbonyl (C=O) groups is 4. The van der Waals surface area contributed by atoms with Gasteiger partial charge in [-0.05, 0) is 51.4 Å². The number of carbonyl (C=O) groups excluding carboxylic acids is 2. The average Bonchev–Trinajstić information content (AvgIpc) is 3.29. The molecule has 2 amide bonds. The van der Waals surface area contributed by atoms with Crippen molar-refractivity contribution in [1.29, 1.82) is 0 Å². The van der Waals surface area contributed by atoms with Crippen LogP contribution in [0.25, 0.3) is 0 Å². The Labute approximate surface area is 152 Å². The molecule has 0 bridgehead atoms. The van der Waals surface area contributed by atoms with Gasteiger partial charge in [0.1, 0.15) is 12.1 Å². The molecule has 1 saturated carbocycles. The second-order valence-corrected chi connectivity index (χ2v) is 7.60. The molecule has 2 heterocycles. The lowest BCUT2D eigenvalue weighted by molar-refractivity contribution is -0.152. The van der Waals surface area contributed by atoms with Gasteiger partial charge in [0.05, 0.1) is 0 Å². The van der Waals surface area contributed by atoms with Crippen LogP contribution in [0.4, 0.5) is 0 Å². The summed E-state index contributed by atoms with van der Waals surface area (Å²) < 4.78 is 0. The van der Waals surface area contributed by atoms with Gasteiger partial charge in [-0.3, -0.25) is 9.59 Å². The molecule has 3 fully saturated rings. The lowest BCUT2D eigenvalue weighted by Crippen LogP contribution is -2.46. The number of nitrogens with zero attached hydrogens (tertiary/aromatic N) is 2. The van der Waals surface area contributed by atoms with E-state index in [0.29, 0.717) is 64.5 Å². The topological polar surface area (TPSA) is 115 Å². The number of likely N-dealkylation sites (tertiary alicyclic amines) is 2. The average molecular weight is 366 g/mol. The second-order valence-electron chi connectivity index (χ2n) is 7.60. The number of rotatable bonds is 4. The molecule has 0 aromatic rings. The molecule has 0 spiro atoms. The van der Waals surface area contributed by atoms with Crippen molar-refractivity contribution in [2.24, 2.45) is 11.8 Å². The number of aliphatic carboxylic acids is 2. The number of hydrogen-bond acceptors (Lipinski definition) is 4. The summed E-state index contributed by atoms with van der Waals surface area (Å²) >= 11 is 0. The summed E-state index contributed by atoms with van der Waals surface area (Å²) in [6.07, 6.45) is 4.66. The molecule has 2 aliphatic heterocycles. The summed E-state index contributed by atoms with van der Waals surface area (Å²) in [7, 11) is 0. The summed E-state index contributed by atoms with van der Waals surface area (Å²) in [6.45, 7) is 0.978. The number of hydrogen-bond donors (Lipinski definition) is 2. The first kappa shape index (κ1) is 18.7. The molecular weight excluding hydrogens is 340 g/mol. The molecule has 3 rings (SSSR count). The van der Waals surface area contributed by atoms with Gasteiger partial charge in [0.2, 0.25) is 11.8 Å². The molecule has 0 aromatic heterocycles. The van der Waals surface area contributed by atoms with E-state index in [9.17, 15) is 29.4 Å². The van der Waals surface area contributed by atoms with Crippen molar-refractivity contribution < 1.29 is 29.4 Å². The molecule has 0 aromatic carbocycles. The Balaban J connectivity index is 1.55.